The van der Waals surface area contributed by atoms with Crippen LogP contribution in [-0.4, -0.2) is 56.8 Å². The molecular weight excluding hydrogens is 400 g/mol. The van der Waals surface area contributed by atoms with E-state index in [9.17, 15) is 4.79 Å². The Morgan fingerprint density at radius 2 is 1.88 bits per heavy atom. The predicted octanol–water partition coefficient (Wildman–Crippen LogP) is 4.30. The number of hydrogen-bond donors (Lipinski definition) is 1. The van der Waals surface area contributed by atoms with Crippen LogP contribution >= 0.6 is 0 Å². The molecular formula is C27H36N2O3. The van der Waals surface area contributed by atoms with Gasteiger partial charge < -0.3 is 19.7 Å². The van der Waals surface area contributed by atoms with Gasteiger partial charge in [-0.25, -0.2) is 0 Å². The van der Waals surface area contributed by atoms with Crippen molar-refractivity contribution >= 4 is 5.91 Å². The standard InChI is InChI=1S/C27H36N2O3/c1-21(20-29-14-5-6-15-29)28-26(30)27(12-16-32-17-13-27)19-22-8-7-9-23(18-22)24-10-3-4-11-25(24)31-2/h3-4,7-11,18,21H,5-6,12-17,19-20H2,1-2H3,(H,28,30)/t21-/m0/s1. The van der Waals surface area contributed by atoms with Gasteiger partial charge in [0.2, 0.25) is 5.91 Å². The van der Waals surface area contributed by atoms with E-state index >= 15 is 0 Å². The molecule has 0 aromatic heterocycles. The third-order valence-corrected chi connectivity index (χ3v) is 6.93. The van der Waals surface area contributed by atoms with Crippen molar-refractivity contribution in [3.05, 3.63) is 54.1 Å². The molecule has 1 amide bonds. The third-order valence-electron chi connectivity index (χ3n) is 6.93. The monoisotopic (exact) mass is 436 g/mol. The predicted molar refractivity (Wildman–Crippen MR) is 128 cm³/mol. The Morgan fingerprint density at radius 3 is 2.62 bits per heavy atom. The van der Waals surface area contributed by atoms with Crippen molar-refractivity contribution in [1.29, 1.82) is 0 Å². The second-order valence-corrected chi connectivity index (χ2v) is 9.35. The molecule has 2 aromatic carbocycles. The summed E-state index contributed by atoms with van der Waals surface area (Å²) < 4.78 is 11.2. The minimum absolute atomic E-state index is 0.153. The van der Waals surface area contributed by atoms with Gasteiger partial charge in [0.1, 0.15) is 5.75 Å². The number of benzene rings is 2. The molecule has 2 aliphatic heterocycles. The molecule has 5 nitrogen and oxygen atoms in total. The summed E-state index contributed by atoms with van der Waals surface area (Å²) in [7, 11) is 1.70. The Hall–Kier alpha value is -2.37. The average molecular weight is 437 g/mol. The Bertz CT molecular complexity index is 901. The number of amides is 1. The van der Waals surface area contributed by atoms with E-state index < -0.39 is 5.41 Å². The summed E-state index contributed by atoms with van der Waals surface area (Å²) in [6, 6.07) is 16.8. The van der Waals surface area contributed by atoms with Gasteiger partial charge >= 0.3 is 0 Å². The van der Waals surface area contributed by atoms with Gasteiger partial charge in [-0.2, -0.15) is 0 Å². The Morgan fingerprint density at radius 1 is 1.12 bits per heavy atom. The van der Waals surface area contributed by atoms with Gasteiger partial charge in [-0.1, -0.05) is 42.5 Å². The number of carbonyl (C=O) groups is 1. The molecule has 5 heteroatoms. The van der Waals surface area contributed by atoms with Crippen LogP contribution in [0, 0.1) is 5.41 Å². The summed E-state index contributed by atoms with van der Waals surface area (Å²) in [5.41, 5.74) is 2.95. The highest BCUT2D eigenvalue weighted by molar-refractivity contribution is 5.83. The van der Waals surface area contributed by atoms with Gasteiger partial charge in [-0.05, 0) is 69.3 Å². The van der Waals surface area contributed by atoms with Crippen molar-refractivity contribution in [2.45, 2.75) is 45.1 Å². The average Bonchev–Trinajstić information content (AvgIpc) is 3.32. The molecule has 2 fully saturated rings. The zero-order valence-electron chi connectivity index (χ0n) is 19.4. The van der Waals surface area contributed by atoms with Gasteiger partial charge in [0.15, 0.2) is 0 Å². The van der Waals surface area contributed by atoms with Gasteiger partial charge in [-0.15, -0.1) is 0 Å². The summed E-state index contributed by atoms with van der Waals surface area (Å²) >= 11 is 0. The SMILES string of the molecule is COc1ccccc1-c1cccc(CC2(C(=O)N[C@@H](C)CN3CCCC3)CCOCC2)c1. The second kappa shape index (κ2) is 10.5. The Balaban J connectivity index is 1.51. The smallest absolute Gasteiger partial charge is 0.226 e. The van der Waals surface area contributed by atoms with Crippen LogP contribution < -0.4 is 10.1 Å². The molecule has 2 heterocycles. The lowest BCUT2D eigenvalue weighted by atomic mass is 9.74. The number of carbonyl (C=O) groups excluding carboxylic acids is 1. The highest BCUT2D eigenvalue weighted by Gasteiger charge is 2.40. The maximum Gasteiger partial charge on any atom is 0.226 e. The molecule has 0 aliphatic carbocycles. The fourth-order valence-electron chi connectivity index (χ4n) is 5.14. The van der Waals surface area contributed by atoms with Gasteiger partial charge in [0.05, 0.1) is 12.5 Å². The fourth-order valence-corrected chi connectivity index (χ4v) is 5.14. The fraction of sp³-hybridized carbons (Fsp3) is 0.519. The van der Waals surface area contributed by atoms with Crippen LogP contribution in [0.2, 0.25) is 0 Å². The molecule has 0 saturated carbocycles. The van der Waals surface area contributed by atoms with Crippen molar-refractivity contribution in [2.24, 2.45) is 5.41 Å². The van der Waals surface area contributed by atoms with Crippen LogP contribution in [0.3, 0.4) is 0 Å². The zero-order chi connectivity index (χ0) is 22.4. The van der Waals surface area contributed by atoms with E-state index in [-0.39, 0.29) is 11.9 Å². The summed E-state index contributed by atoms with van der Waals surface area (Å²) in [5, 5.41) is 3.35. The lowest BCUT2D eigenvalue weighted by Crippen LogP contribution is -2.51. The van der Waals surface area contributed by atoms with E-state index in [0.717, 1.165) is 55.8 Å². The lowest BCUT2D eigenvalue weighted by molar-refractivity contribution is -0.137. The Labute approximate surface area is 192 Å². The number of hydrogen-bond acceptors (Lipinski definition) is 4. The largest absolute Gasteiger partial charge is 0.496 e. The van der Waals surface area contributed by atoms with Crippen molar-refractivity contribution in [3.63, 3.8) is 0 Å². The molecule has 0 bridgehead atoms. The first-order valence-corrected chi connectivity index (χ1v) is 11.9. The molecule has 0 radical (unpaired) electrons. The molecule has 0 unspecified atom stereocenters. The maximum atomic E-state index is 13.6. The van der Waals surface area contributed by atoms with Crippen molar-refractivity contribution < 1.29 is 14.3 Å². The molecule has 1 N–H and O–H groups in total. The summed E-state index contributed by atoms with van der Waals surface area (Å²) in [6.45, 7) is 6.64. The normalized spacial score (nSPS) is 19.4. The summed E-state index contributed by atoms with van der Waals surface area (Å²) in [5.74, 6) is 1.04. The van der Waals surface area contributed by atoms with Crippen LogP contribution in [0.5, 0.6) is 5.75 Å². The molecule has 172 valence electrons. The second-order valence-electron chi connectivity index (χ2n) is 9.35. The van der Waals surface area contributed by atoms with E-state index in [1.54, 1.807) is 7.11 Å². The number of ether oxygens (including phenoxy) is 2. The minimum Gasteiger partial charge on any atom is -0.496 e. The first kappa shape index (κ1) is 22.8. The summed E-state index contributed by atoms with van der Waals surface area (Å²) in [6.07, 6.45) is 4.78. The minimum atomic E-state index is -0.420. The van der Waals surface area contributed by atoms with E-state index in [0.29, 0.717) is 13.2 Å². The number of likely N-dealkylation sites (tertiary alicyclic amines) is 1. The third kappa shape index (κ3) is 5.33. The molecule has 32 heavy (non-hydrogen) atoms. The van der Waals surface area contributed by atoms with Crippen molar-refractivity contribution in [1.82, 2.24) is 10.2 Å². The number of nitrogens with zero attached hydrogens (tertiary/aromatic N) is 1. The first-order chi connectivity index (χ1) is 15.6. The zero-order valence-corrected chi connectivity index (χ0v) is 19.4. The van der Waals surface area contributed by atoms with Crippen molar-refractivity contribution in [2.75, 3.05) is 40.0 Å². The van der Waals surface area contributed by atoms with E-state index in [2.05, 4.69) is 47.5 Å². The number of rotatable bonds is 8. The highest BCUT2D eigenvalue weighted by Crippen LogP contribution is 2.37. The molecule has 2 saturated heterocycles. The van der Waals surface area contributed by atoms with Crippen LogP contribution in [0.4, 0.5) is 0 Å². The van der Waals surface area contributed by atoms with Gasteiger partial charge in [0, 0.05) is 31.4 Å². The molecule has 0 spiro atoms. The van der Waals surface area contributed by atoms with Crippen LogP contribution in [-0.2, 0) is 16.0 Å². The van der Waals surface area contributed by atoms with E-state index in [1.165, 1.54) is 18.4 Å². The molecule has 4 rings (SSSR count). The van der Waals surface area contributed by atoms with Crippen molar-refractivity contribution in [3.8, 4) is 16.9 Å². The number of methoxy groups -OCH3 is 1. The molecule has 1 atom stereocenters. The molecule has 2 aromatic rings. The van der Waals surface area contributed by atoms with Gasteiger partial charge in [0.25, 0.3) is 0 Å². The topological polar surface area (TPSA) is 50.8 Å². The Kier molecular flexibility index (Phi) is 7.48. The maximum absolute atomic E-state index is 13.6. The van der Waals surface area contributed by atoms with Crippen LogP contribution in [0.1, 0.15) is 38.2 Å². The van der Waals surface area contributed by atoms with E-state index in [4.69, 9.17) is 9.47 Å². The number of para-hydroxylation sites is 1. The van der Waals surface area contributed by atoms with Crippen LogP contribution in [0.15, 0.2) is 48.5 Å². The number of nitrogens with one attached hydrogen (secondary N) is 1. The van der Waals surface area contributed by atoms with Gasteiger partial charge in [-0.3, -0.25) is 4.79 Å². The van der Waals surface area contributed by atoms with Crippen LogP contribution in [0.25, 0.3) is 11.1 Å². The highest BCUT2D eigenvalue weighted by atomic mass is 16.5. The molecule has 2 aliphatic rings. The van der Waals surface area contributed by atoms with E-state index in [1.807, 2.05) is 18.2 Å². The first-order valence-electron chi connectivity index (χ1n) is 11.9. The quantitative estimate of drug-likeness (QED) is 0.670. The lowest BCUT2D eigenvalue weighted by Gasteiger charge is -2.37. The summed E-state index contributed by atoms with van der Waals surface area (Å²) in [4.78, 5) is 16.0.